The lowest BCUT2D eigenvalue weighted by molar-refractivity contribution is 0.121. The van der Waals surface area contributed by atoms with E-state index < -0.39 is 0 Å². The summed E-state index contributed by atoms with van der Waals surface area (Å²) < 4.78 is 5.19. The lowest BCUT2D eigenvalue weighted by Gasteiger charge is -2.38. The van der Waals surface area contributed by atoms with E-state index in [1.54, 1.807) is 7.11 Å². The molecule has 24 heavy (non-hydrogen) atoms. The Balaban J connectivity index is 1.46. The van der Waals surface area contributed by atoms with Crippen molar-refractivity contribution in [3.05, 3.63) is 0 Å². The van der Waals surface area contributed by atoms with Gasteiger partial charge >= 0.3 is 0 Å². The summed E-state index contributed by atoms with van der Waals surface area (Å²) in [6, 6.07) is 0. The first-order valence-corrected chi connectivity index (χ1v) is 9.99. The van der Waals surface area contributed by atoms with E-state index in [0.29, 0.717) is 5.41 Å². The van der Waals surface area contributed by atoms with Crippen molar-refractivity contribution in [2.45, 2.75) is 45.4 Å². The second kappa shape index (κ2) is 8.52. The van der Waals surface area contributed by atoms with Crippen molar-refractivity contribution in [2.75, 3.05) is 59.5 Å². The first kappa shape index (κ1) is 18.0. The fraction of sp³-hybridized carbons (Fsp3) is 0.947. The molecule has 1 N–H and O–H groups in total. The van der Waals surface area contributed by atoms with Gasteiger partial charge < -0.3 is 19.9 Å². The molecule has 0 bridgehead atoms. The molecule has 3 rings (SSSR count). The van der Waals surface area contributed by atoms with Crippen LogP contribution in [0.4, 0.5) is 0 Å². The third kappa shape index (κ3) is 4.42. The minimum atomic E-state index is 0.642. The summed E-state index contributed by atoms with van der Waals surface area (Å²) in [7, 11) is 1.79. The Morgan fingerprint density at radius 1 is 1.21 bits per heavy atom. The number of piperidine rings is 1. The number of rotatable bonds is 6. The zero-order chi connectivity index (χ0) is 16.8. The second-order valence-corrected chi connectivity index (χ2v) is 8.00. The number of aliphatic imine (C=N–C) groups is 1. The van der Waals surface area contributed by atoms with Crippen LogP contribution >= 0.6 is 0 Å². The van der Waals surface area contributed by atoms with Crippen LogP contribution in [0, 0.1) is 11.3 Å². The van der Waals surface area contributed by atoms with Crippen LogP contribution in [0.25, 0.3) is 0 Å². The number of guanidine groups is 1. The van der Waals surface area contributed by atoms with Crippen LogP contribution in [-0.2, 0) is 4.74 Å². The normalized spacial score (nSPS) is 25.2. The Kier molecular flexibility index (Phi) is 6.39. The van der Waals surface area contributed by atoms with Gasteiger partial charge in [-0.25, -0.2) is 0 Å². The molecule has 5 heteroatoms. The van der Waals surface area contributed by atoms with E-state index in [-0.39, 0.29) is 0 Å². The lowest BCUT2D eigenvalue weighted by atomic mass is 9.68. The van der Waals surface area contributed by atoms with Gasteiger partial charge in [0.05, 0.1) is 6.61 Å². The third-order valence-electron chi connectivity index (χ3n) is 6.31. The summed E-state index contributed by atoms with van der Waals surface area (Å²) in [5.74, 6) is 1.92. The maximum atomic E-state index is 5.19. The molecule has 0 atom stereocenters. The lowest BCUT2D eigenvalue weighted by Crippen LogP contribution is -2.43. The SMILES string of the molecule is CCNC(=NCC1CCN(CCOC)CC1)N1CCC2(CCC2)C1. The second-order valence-electron chi connectivity index (χ2n) is 8.00. The summed E-state index contributed by atoms with van der Waals surface area (Å²) >= 11 is 0. The predicted octanol–water partition coefficient (Wildman–Crippen LogP) is 2.19. The molecular formula is C19H36N4O. The van der Waals surface area contributed by atoms with Crippen LogP contribution in [0.3, 0.4) is 0 Å². The molecule has 0 aromatic heterocycles. The summed E-state index contributed by atoms with van der Waals surface area (Å²) in [4.78, 5) is 10.1. The molecule has 2 saturated heterocycles. The molecule has 0 amide bonds. The molecule has 2 heterocycles. The molecule has 3 aliphatic rings. The van der Waals surface area contributed by atoms with Crippen molar-refractivity contribution in [1.82, 2.24) is 15.1 Å². The van der Waals surface area contributed by atoms with E-state index in [4.69, 9.17) is 9.73 Å². The molecule has 0 aromatic carbocycles. The number of nitrogens with zero attached hydrogens (tertiary/aromatic N) is 3. The first-order valence-electron chi connectivity index (χ1n) is 9.99. The van der Waals surface area contributed by atoms with Crippen LogP contribution < -0.4 is 5.32 Å². The molecule has 0 radical (unpaired) electrons. The highest BCUT2D eigenvalue weighted by Gasteiger charge is 2.43. The van der Waals surface area contributed by atoms with E-state index in [9.17, 15) is 0 Å². The molecule has 1 saturated carbocycles. The number of methoxy groups -OCH3 is 1. The van der Waals surface area contributed by atoms with Crippen molar-refractivity contribution in [2.24, 2.45) is 16.3 Å². The maximum absolute atomic E-state index is 5.19. The fourth-order valence-corrected chi connectivity index (χ4v) is 4.46. The van der Waals surface area contributed by atoms with Crippen LogP contribution in [0.1, 0.15) is 45.4 Å². The van der Waals surface area contributed by atoms with Crippen LogP contribution in [0.5, 0.6) is 0 Å². The molecule has 138 valence electrons. The standard InChI is InChI=1S/C19H36N4O/c1-3-20-18(23-12-9-19(16-23)7-4-8-19)21-15-17-5-10-22(11-6-17)13-14-24-2/h17H,3-16H2,1-2H3,(H,20,21). The first-order chi connectivity index (χ1) is 11.7. The Bertz CT molecular complexity index is 414. The van der Waals surface area contributed by atoms with Gasteiger partial charge in [-0.3, -0.25) is 4.99 Å². The molecule has 3 fully saturated rings. The van der Waals surface area contributed by atoms with E-state index in [2.05, 4.69) is 22.0 Å². The Morgan fingerprint density at radius 2 is 2.00 bits per heavy atom. The van der Waals surface area contributed by atoms with Crippen molar-refractivity contribution < 1.29 is 4.74 Å². The summed E-state index contributed by atoms with van der Waals surface area (Å²) in [5, 5.41) is 3.54. The van der Waals surface area contributed by atoms with Gasteiger partial charge in [0, 0.05) is 39.8 Å². The van der Waals surface area contributed by atoms with Gasteiger partial charge in [0.1, 0.15) is 0 Å². The van der Waals surface area contributed by atoms with Gasteiger partial charge in [0.25, 0.3) is 0 Å². The Morgan fingerprint density at radius 3 is 2.58 bits per heavy atom. The smallest absolute Gasteiger partial charge is 0.193 e. The highest BCUT2D eigenvalue weighted by molar-refractivity contribution is 5.80. The van der Waals surface area contributed by atoms with Crippen molar-refractivity contribution in [3.8, 4) is 0 Å². The topological polar surface area (TPSA) is 40.1 Å². The third-order valence-corrected chi connectivity index (χ3v) is 6.31. The molecule has 0 aromatic rings. The van der Waals surface area contributed by atoms with Gasteiger partial charge in [-0.1, -0.05) is 6.42 Å². The molecule has 5 nitrogen and oxygen atoms in total. The predicted molar refractivity (Wildman–Crippen MR) is 99.5 cm³/mol. The van der Waals surface area contributed by atoms with Gasteiger partial charge in [0.15, 0.2) is 5.96 Å². The van der Waals surface area contributed by atoms with Gasteiger partial charge in [-0.05, 0) is 63.5 Å². The molecular weight excluding hydrogens is 300 g/mol. The number of nitrogens with one attached hydrogen (secondary N) is 1. The molecule has 2 aliphatic heterocycles. The zero-order valence-electron chi connectivity index (χ0n) is 15.7. The quantitative estimate of drug-likeness (QED) is 0.596. The average molecular weight is 337 g/mol. The van der Waals surface area contributed by atoms with Gasteiger partial charge in [0.2, 0.25) is 0 Å². The van der Waals surface area contributed by atoms with E-state index in [1.165, 1.54) is 70.7 Å². The number of hydrogen-bond acceptors (Lipinski definition) is 3. The molecule has 1 spiro atoms. The average Bonchev–Trinajstić information content (AvgIpc) is 3.03. The monoisotopic (exact) mass is 336 g/mol. The largest absolute Gasteiger partial charge is 0.383 e. The maximum Gasteiger partial charge on any atom is 0.193 e. The van der Waals surface area contributed by atoms with Crippen molar-refractivity contribution in [1.29, 1.82) is 0 Å². The molecule has 0 unspecified atom stereocenters. The minimum Gasteiger partial charge on any atom is -0.383 e. The Hall–Kier alpha value is -0.810. The summed E-state index contributed by atoms with van der Waals surface area (Å²) in [5.41, 5.74) is 0.642. The highest BCUT2D eigenvalue weighted by Crippen LogP contribution is 2.47. The minimum absolute atomic E-state index is 0.642. The van der Waals surface area contributed by atoms with Crippen LogP contribution in [0.2, 0.25) is 0 Å². The Labute approximate surface area is 147 Å². The summed E-state index contributed by atoms with van der Waals surface area (Å²) in [6.07, 6.45) is 8.22. The van der Waals surface area contributed by atoms with Gasteiger partial charge in [-0.2, -0.15) is 0 Å². The summed E-state index contributed by atoms with van der Waals surface area (Å²) in [6.45, 7) is 10.9. The van der Waals surface area contributed by atoms with Crippen molar-refractivity contribution in [3.63, 3.8) is 0 Å². The number of hydrogen-bond donors (Lipinski definition) is 1. The van der Waals surface area contributed by atoms with E-state index in [0.717, 1.165) is 32.2 Å². The van der Waals surface area contributed by atoms with Crippen LogP contribution in [-0.4, -0.2) is 75.3 Å². The van der Waals surface area contributed by atoms with Gasteiger partial charge in [-0.15, -0.1) is 0 Å². The van der Waals surface area contributed by atoms with Crippen molar-refractivity contribution >= 4 is 5.96 Å². The zero-order valence-corrected chi connectivity index (χ0v) is 15.7. The fourth-order valence-electron chi connectivity index (χ4n) is 4.46. The molecule has 1 aliphatic carbocycles. The van der Waals surface area contributed by atoms with E-state index >= 15 is 0 Å². The number of likely N-dealkylation sites (tertiary alicyclic amines) is 2. The highest BCUT2D eigenvalue weighted by atomic mass is 16.5. The van der Waals surface area contributed by atoms with E-state index in [1.807, 2.05) is 0 Å². The number of ether oxygens (including phenoxy) is 1. The van der Waals surface area contributed by atoms with Crippen LogP contribution in [0.15, 0.2) is 4.99 Å².